The molecule has 8 heteroatoms. The van der Waals surface area contributed by atoms with E-state index in [0.717, 1.165) is 26.2 Å². The van der Waals surface area contributed by atoms with Crippen LogP contribution in [0.15, 0.2) is 42.1 Å². The molecule has 1 fully saturated rings. The minimum atomic E-state index is -0.352. The number of likely N-dealkylation sites (N-methyl/N-ethyl adjacent to an activating group) is 1. The van der Waals surface area contributed by atoms with Gasteiger partial charge in [0.15, 0.2) is 11.0 Å². The Morgan fingerprint density at radius 2 is 2.00 bits per heavy atom. The molecule has 0 aliphatic carbocycles. The lowest BCUT2D eigenvalue weighted by Crippen LogP contribution is -2.47. The Balaban J connectivity index is 1.73. The Bertz CT molecular complexity index is 786. The van der Waals surface area contributed by atoms with Gasteiger partial charge in [-0.15, -0.1) is 16.8 Å². The molecule has 0 spiro atoms. The number of hydrogen-bond donors (Lipinski definition) is 0. The van der Waals surface area contributed by atoms with Gasteiger partial charge in [-0.05, 0) is 19.2 Å². The Kier molecular flexibility index (Phi) is 6.05. The van der Waals surface area contributed by atoms with Gasteiger partial charge in [-0.1, -0.05) is 30.0 Å². The van der Waals surface area contributed by atoms with E-state index in [0.29, 0.717) is 23.1 Å². The molecule has 0 N–H and O–H groups in total. The summed E-state index contributed by atoms with van der Waals surface area (Å²) in [5, 5.41) is 8.89. The first-order valence-electron chi connectivity index (χ1n) is 8.48. The van der Waals surface area contributed by atoms with E-state index in [4.69, 9.17) is 0 Å². The zero-order chi connectivity index (χ0) is 18.5. The third kappa shape index (κ3) is 4.13. The van der Waals surface area contributed by atoms with Crippen molar-refractivity contribution < 1.29 is 9.18 Å². The third-order valence-corrected chi connectivity index (χ3v) is 5.28. The minimum absolute atomic E-state index is 0.0868. The summed E-state index contributed by atoms with van der Waals surface area (Å²) < 4.78 is 15.9. The first kappa shape index (κ1) is 18.6. The molecule has 0 atom stereocenters. The van der Waals surface area contributed by atoms with Crippen LogP contribution < -0.4 is 0 Å². The van der Waals surface area contributed by atoms with Crippen molar-refractivity contribution in [2.75, 3.05) is 39.0 Å². The van der Waals surface area contributed by atoms with Crippen LogP contribution in [0.25, 0.3) is 11.4 Å². The summed E-state index contributed by atoms with van der Waals surface area (Å²) in [6.07, 6.45) is 1.71. The van der Waals surface area contributed by atoms with Gasteiger partial charge in [0.1, 0.15) is 5.82 Å². The molecule has 1 aromatic heterocycles. The first-order chi connectivity index (χ1) is 12.6. The highest BCUT2D eigenvalue weighted by Crippen LogP contribution is 2.26. The van der Waals surface area contributed by atoms with E-state index in [1.54, 1.807) is 28.8 Å². The fourth-order valence-electron chi connectivity index (χ4n) is 2.80. The average molecular weight is 375 g/mol. The molecule has 6 nitrogen and oxygen atoms in total. The Morgan fingerprint density at radius 1 is 1.27 bits per heavy atom. The lowest BCUT2D eigenvalue weighted by atomic mass is 10.2. The van der Waals surface area contributed by atoms with Gasteiger partial charge in [-0.2, -0.15) is 0 Å². The van der Waals surface area contributed by atoms with Crippen LogP contribution in [0.3, 0.4) is 0 Å². The quantitative estimate of drug-likeness (QED) is 0.572. The molecule has 1 amide bonds. The number of benzene rings is 1. The molecule has 0 bridgehead atoms. The van der Waals surface area contributed by atoms with Crippen molar-refractivity contribution in [1.82, 2.24) is 24.6 Å². The number of thioether (sulfide) groups is 1. The second-order valence-electron chi connectivity index (χ2n) is 6.16. The maximum atomic E-state index is 14.1. The van der Waals surface area contributed by atoms with Crippen molar-refractivity contribution in [2.45, 2.75) is 11.7 Å². The molecule has 0 unspecified atom stereocenters. The summed E-state index contributed by atoms with van der Waals surface area (Å²) in [6.45, 7) is 7.47. The molecule has 0 radical (unpaired) electrons. The smallest absolute Gasteiger partial charge is 0.233 e. The zero-order valence-corrected chi connectivity index (χ0v) is 15.6. The number of piperazine rings is 1. The largest absolute Gasteiger partial charge is 0.339 e. The fourth-order valence-corrected chi connectivity index (χ4v) is 3.65. The number of carbonyl (C=O) groups excluding carboxylic acids is 1. The van der Waals surface area contributed by atoms with Crippen LogP contribution in [0, 0.1) is 5.82 Å². The highest BCUT2D eigenvalue weighted by Gasteiger charge is 2.21. The van der Waals surface area contributed by atoms with Crippen LogP contribution in [0.2, 0.25) is 0 Å². The van der Waals surface area contributed by atoms with Crippen molar-refractivity contribution >= 4 is 17.7 Å². The SMILES string of the molecule is C=CCn1c(SCC(=O)N2CCN(C)CC2)nnc1-c1ccccc1F. The molecule has 1 aliphatic heterocycles. The third-order valence-electron chi connectivity index (χ3n) is 4.32. The van der Waals surface area contributed by atoms with Gasteiger partial charge in [-0.3, -0.25) is 9.36 Å². The van der Waals surface area contributed by atoms with Crippen molar-refractivity contribution in [3.63, 3.8) is 0 Å². The normalized spacial score (nSPS) is 15.2. The Morgan fingerprint density at radius 3 is 2.69 bits per heavy atom. The highest BCUT2D eigenvalue weighted by molar-refractivity contribution is 7.99. The summed E-state index contributed by atoms with van der Waals surface area (Å²) in [7, 11) is 2.05. The predicted molar refractivity (Wildman–Crippen MR) is 100 cm³/mol. The van der Waals surface area contributed by atoms with E-state index >= 15 is 0 Å². The average Bonchev–Trinajstić information content (AvgIpc) is 3.03. The van der Waals surface area contributed by atoms with Gasteiger partial charge < -0.3 is 9.80 Å². The molecule has 2 heterocycles. The summed E-state index contributed by atoms with van der Waals surface area (Å²) >= 11 is 1.33. The molecule has 3 rings (SSSR count). The maximum absolute atomic E-state index is 14.1. The summed E-state index contributed by atoms with van der Waals surface area (Å²) in [5.41, 5.74) is 0.388. The molecule has 1 saturated heterocycles. The van der Waals surface area contributed by atoms with E-state index in [-0.39, 0.29) is 17.5 Å². The number of nitrogens with zero attached hydrogens (tertiary/aromatic N) is 5. The van der Waals surface area contributed by atoms with E-state index in [9.17, 15) is 9.18 Å². The molecule has 26 heavy (non-hydrogen) atoms. The number of halogens is 1. The Labute approximate surface area is 156 Å². The second-order valence-corrected chi connectivity index (χ2v) is 7.10. The van der Waals surface area contributed by atoms with Crippen LogP contribution >= 0.6 is 11.8 Å². The van der Waals surface area contributed by atoms with Gasteiger partial charge in [-0.25, -0.2) is 4.39 Å². The molecule has 1 aromatic carbocycles. The maximum Gasteiger partial charge on any atom is 0.233 e. The number of allylic oxidation sites excluding steroid dienone is 1. The number of aromatic nitrogens is 3. The van der Waals surface area contributed by atoms with E-state index in [1.807, 2.05) is 4.90 Å². The molecule has 0 saturated carbocycles. The van der Waals surface area contributed by atoms with Crippen molar-refractivity contribution in [3.8, 4) is 11.4 Å². The van der Waals surface area contributed by atoms with Gasteiger partial charge in [0.05, 0.1) is 11.3 Å². The molecular formula is C18H22FN5OS. The van der Waals surface area contributed by atoms with E-state index in [1.165, 1.54) is 17.8 Å². The van der Waals surface area contributed by atoms with Crippen molar-refractivity contribution in [1.29, 1.82) is 0 Å². The first-order valence-corrected chi connectivity index (χ1v) is 9.47. The standard InChI is InChI=1S/C18H22FN5OS/c1-3-8-24-17(14-6-4-5-7-15(14)19)20-21-18(24)26-13-16(25)23-11-9-22(2)10-12-23/h3-7H,1,8-13H2,2H3. The Hall–Kier alpha value is -2.19. The molecule has 1 aliphatic rings. The minimum Gasteiger partial charge on any atom is -0.339 e. The van der Waals surface area contributed by atoms with Crippen molar-refractivity contribution in [2.24, 2.45) is 0 Å². The lowest BCUT2D eigenvalue weighted by Gasteiger charge is -2.32. The summed E-state index contributed by atoms with van der Waals surface area (Å²) in [4.78, 5) is 16.5. The van der Waals surface area contributed by atoms with Crippen LogP contribution in [0.4, 0.5) is 4.39 Å². The summed E-state index contributed by atoms with van der Waals surface area (Å²) in [5.74, 6) is 0.465. The van der Waals surface area contributed by atoms with Crippen LogP contribution in [0.5, 0.6) is 0 Å². The monoisotopic (exact) mass is 375 g/mol. The van der Waals surface area contributed by atoms with Crippen LogP contribution in [-0.4, -0.2) is 69.5 Å². The molecule has 2 aromatic rings. The second kappa shape index (κ2) is 8.46. The van der Waals surface area contributed by atoms with Gasteiger partial charge >= 0.3 is 0 Å². The van der Waals surface area contributed by atoms with Crippen LogP contribution in [0.1, 0.15) is 0 Å². The zero-order valence-electron chi connectivity index (χ0n) is 14.8. The van der Waals surface area contributed by atoms with E-state index < -0.39 is 0 Å². The van der Waals surface area contributed by atoms with E-state index in [2.05, 4.69) is 28.7 Å². The number of hydrogen-bond acceptors (Lipinski definition) is 5. The van der Waals surface area contributed by atoms with Crippen LogP contribution in [-0.2, 0) is 11.3 Å². The highest BCUT2D eigenvalue weighted by atomic mass is 32.2. The topological polar surface area (TPSA) is 54.3 Å². The van der Waals surface area contributed by atoms with Crippen molar-refractivity contribution in [3.05, 3.63) is 42.7 Å². The van der Waals surface area contributed by atoms with Gasteiger partial charge in [0, 0.05) is 32.7 Å². The number of rotatable bonds is 6. The fraction of sp³-hybridized carbons (Fsp3) is 0.389. The van der Waals surface area contributed by atoms with Gasteiger partial charge in [0.25, 0.3) is 0 Å². The predicted octanol–water partition coefficient (Wildman–Crippen LogP) is 2.14. The number of carbonyl (C=O) groups is 1. The molecule has 138 valence electrons. The number of amides is 1. The lowest BCUT2D eigenvalue weighted by molar-refractivity contribution is -0.129. The van der Waals surface area contributed by atoms with Gasteiger partial charge in [0.2, 0.25) is 5.91 Å². The summed E-state index contributed by atoms with van der Waals surface area (Å²) in [6, 6.07) is 6.46. The molecular weight excluding hydrogens is 353 g/mol.